The molecule has 0 aliphatic heterocycles. The largest absolute Gasteiger partial charge is 0.255 e. The number of fused-ring (bicyclic) bond motifs is 1. The Morgan fingerprint density at radius 1 is 1.08 bits per heavy atom. The van der Waals surface area contributed by atoms with E-state index in [1.165, 1.54) is 16.1 Å². The fourth-order valence-electron chi connectivity index (χ4n) is 1.13. The maximum Gasteiger partial charge on any atom is 0.0846 e. The van der Waals surface area contributed by atoms with Crippen LogP contribution in [0.5, 0.6) is 0 Å². The Balaban J connectivity index is 2.94. The molecule has 0 aliphatic rings. The van der Waals surface area contributed by atoms with Gasteiger partial charge in [-0.1, -0.05) is 6.07 Å². The van der Waals surface area contributed by atoms with Gasteiger partial charge in [0.25, 0.3) is 0 Å². The first kappa shape index (κ1) is 10.3. The molecule has 0 atom stereocenters. The van der Waals surface area contributed by atoms with Gasteiger partial charge >= 0.3 is 0 Å². The van der Waals surface area contributed by atoms with Crippen LogP contribution in [0.25, 0.3) is 10.9 Å². The summed E-state index contributed by atoms with van der Waals surface area (Å²) in [6.45, 7) is 0. The van der Waals surface area contributed by atoms with E-state index in [9.17, 15) is 0 Å². The molecule has 2 rings (SSSR count). The zero-order valence-electron chi connectivity index (χ0n) is 6.39. The third-order valence-corrected chi connectivity index (χ3v) is 6.82. The highest BCUT2D eigenvalue weighted by atomic mass is 127. The lowest BCUT2D eigenvalue weighted by Gasteiger charge is -2.03. The summed E-state index contributed by atoms with van der Waals surface area (Å²) in [6.07, 6.45) is 1.84. The number of rotatable bonds is 0. The van der Waals surface area contributed by atoms with Gasteiger partial charge in [0, 0.05) is 18.7 Å². The van der Waals surface area contributed by atoms with Gasteiger partial charge in [0.15, 0.2) is 0 Å². The standard InChI is InChI=1S/C9H4I3N/c10-6-4-5-2-1-3-13-9(5)8(12)7(6)11/h1-4H. The summed E-state index contributed by atoms with van der Waals surface area (Å²) in [7, 11) is 0. The van der Waals surface area contributed by atoms with Crippen LogP contribution in [0.1, 0.15) is 0 Å². The van der Waals surface area contributed by atoms with Gasteiger partial charge in [0.1, 0.15) is 0 Å². The summed E-state index contributed by atoms with van der Waals surface area (Å²) in [6, 6.07) is 6.25. The number of nitrogens with zero attached hydrogens (tertiary/aromatic N) is 1. The van der Waals surface area contributed by atoms with Gasteiger partial charge in [-0.15, -0.1) is 0 Å². The molecule has 0 unspecified atom stereocenters. The van der Waals surface area contributed by atoms with Crippen molar-refractivity contribution in [2.45, 2.75) is 0 Å². The molecule has 1 aromatic carbocycles. The summed E-state index contributed by atoms with van der Waals surface area (Å²) in [4.78, 5) is 4.37. The molecule has 0 N–H and O–H groups in total. The van der Waals surface area contributed by atoms with Crippen LogP contribution in [0.15, 0.2) is 24.4 Å². The molecule has 1 aromatic heterocycles. The summed E-state index contributed by atoms with van der Waals surface area (Å²) >= 11 is 7.07. The average Bonchev–Trinajstić information content (AvgIpc) is 2.15. The van der Waals surface area contributed by atoms with E-state index in [1.54, 1.807) is 0 Å². The lowest BCUT2D eigenvalue weighted by atomic mass is 10.2. The van der Waals surface area contributed by atoms with Crippen LogP contribution < -0.4 is 0 Å². The molecular weight excluding hydrogens is 503 g/mol. The van der Waals surface area contributed by atoms with E-state index in [0.29, 0.717) is 0 Å². The van der Waals surface area contributed by atoms with Gasteiger partial charge in [0.2, 0.25) is 0 Å². The van der Waals surface area contributed by atoms with Crippen LogP contribution in [0.3, 0.4) is 0 Å². The van der Waals surface area contributed by atoms with E-state index >= 15 is 0 Å². The van der Waals surface area contributed by atoms with E-state index in [-0.39, 0.29) is 0 Å². The van der Waals surface area contributed by atoms with E-state index in [4.69, 9.17) is 0 Å². The molecule has 0 spiro atoms. The van der Waals surface area contributed by atoms with Crippen molar-refractivity contribution in [1.82, 2.24) is 4.98 Å². The number of hydrogen-bond donors (Lipinski definition) is 0. The monoisotopic (exact) mass is 507 g/mol. The molecule has 0 aliphatic carbocycles. The fraction of sp³-hybridized carbons (Fsp3) is 0. The third kappa shape index (κ3) is 1.94. The Kier molecular flexibility index (Phi) is 3.29. The third-order valence-electron chi connectivity index (χ3n) is 1.73. The van der Waals surface area contributed by atoms with E-state index < -0.39 is 0 Å². The second-order valence-corrected chi connectivity index (χ2v) is 5.88. The summed E-state index contributed by atoms with van der Waals surface area (Å²) in [5.74, 6) is 0. The molecule has 1 nitrogen and oxygen atoms in total. The smallest absolute Gasteiger partial charge is 0.0846 e. The second kappa shape index (κ2) is 4.13. The molecule has 0 amide bonds. The van der Waals surface area contributed by atoms with Crippen molar-refractivity contribution in [3.8, 4) is 0 Å². The van der Waals surface area contributed by atoms with Crippen molar-refractivity contribution >= 4 is 78.7 Å². The summed E-state index contributed by atoms with van der Waals surface area (Å²) in [5.41, 5.74) is 1.10. The summed E-state index contributed by atoms with van der Waals surface area (Å²) < 4.78 is 3.84. The quantitative estimate of drug-likeness (QED) is 0.388. The minimum atomic E-state index is 1.10. The fourth-order valence-corrected chi connectivity index (χ4v) is 3.40. The Hall–Kier alpha value is 0.820. The highest BCUT2D eigenvalue weighted by Gasteiger charge is 2.07. The van der Waals surface area contributed by atoms with Crippen LogP contribution in [-0.2, 0) is 0 Å². The highest BCUT2D eigenvalue weighted by Crippen LogP contribution is 2.27. The maximum absolute atomic E-state index is 4.37. The molecule has 0 radical (unpaired) electrons. The molecule has 13 heavy (non-hydrogen) atoms. The molecule has 4 heteroatoms. The van der Waals surface area contributed by atoms with Gasteiger partial charge in [-0.3, -0.25) is 4.98 Å². The van der Waals surface area contributed by atoms with Gasteiger partial charge in [-0.2, -0.15) is 0 Å². The van der Waals surface area contributed by atoms with E-state index in [1.807, 2.05) is 12.3 Å². The molecular formula is C9H4I3N. The number of pyridine rings is 1. The highest BCUT2D eigenvalue weighted by molar-refractivity contribution is 14.1. The topological polar surface area (TPSA) is 12.9 Å². The normalized spacial score (nSPS) is 10.7. The van der Waals surface area contributed by atoms with Gasteiger partial charge in [-0.25, -0.2) is 0 Å². The first-order valence-corrected chi connectivity index (χ1v) is 6.82. The Morgan fingerprint density at radius 3 is 2.62 bits per heavy atom. The average molecular weight is 507 g/mol. The van der Waals surface area contributed by atoms with Crippen LogP contribution in [0.4, 0.5) is 0 Å². The minimum absolute atomic E-state index is 1.10. The van der Waals surface area contributed by atoms with Crippen molar-refractivity contribution in [3.63, 3.8) is 0 Å². The van der Waals surface area contributed by atoms with Gasteiger partial charge in [0.05, 0.1) is 9.09 Å². The minimum Gasteiger partial charge on any atom is -0.255 e. The van der Waals surface area contributed by atoms with E-state index in [2.05, 4.69) is 84.9 Å². The first-order valence-electron chi connectivity index (χ1n) is 3.58. The lowest BCUT2D eigenvalue weighted by Crippen LogP contribution is -1.89. The van der Waals surface area contributed by atoms with Gasteiger partial charge < -0.3 is 0 Å². The van der Waals surface area contributed by atoms with Crippen molar-refractivity contribution in [1.29, 1.82) is 0 Å². The number of hydrogen-bond acceptors (Lipinski definition) is 1. The number of halogens is 3. The molecule has 66 valence electrons. The molecule has 0 saturated carbocycles. The first-order chi connectivity index (χ1) is 6.20. The Morgan fingerprint density at radius 2 is 1.85 bits per heavy atom. The zero-order valence-corrected chi connectivity index (χ0v) is 12.9. The Labute approximate surface area is 117 Å². The van der Waals surface area contributed by atoms with Crippen molar-refractivity contribution in [3.05, 3.63) is 35.1 Å². The predicted molar refractivity (Wildman–Crippen MR) is 79.9 cm³/mol. The number of benzene rings is 1. The molecule has 0 fully saturated rings. The van der Waals surface area contributed by atoms with Crippen LogP contribution in [0.2, 0.25) is 0 Å². The predicted octanol–water partition coefficient (Wildman–Crippen LogP) is 4.05. The van der Waals surface area contributed by atoms with Crippen LogP contribution >= 0.6 is 67.8 Å². The lowest BCUT2D eigenvalue weighted by molar-refractivity contribution is 1.38. The Bertz CT molecular complexity index is 468. The van der Waals surface area contributed by atoms with E-state index in [0.717, 1.165) is 5.52 Å². The van der Waals surface area contributed by atoms with Crippen molar-refractivity contribution in [2.24, 2.45) is 0 Å². The van der Waals surface area contributed by atoms with Crippen molar-refractivity contribution in [2.75, 3.05) is 0 Å². The SMILES string of the molecule is Ic1cc2cccnc2c(I)c1I. The van der Waals surface area contributed by atoms with Gasteiger partial charge in [-0.05, 0) is 79.9 Å². The second-order valence-electron chi connectivity index (χ2n) is 2.56. The summed E-state index contributed by atoms with van der Waals surface area (Å²) in [5, 5.41) is 1.22. The number of aromatic nitrogens is 1. The molecule has 2 aromatic rings. The molecule has 1 heterocycles. The van der Waals surface area contributed by atoms with Crippen molar-refractivity contribution < 1.29 is 0 Å². The maximum atomic E-state index is 4.37. The molecule has 0 bridgehead atoms. The van der Waals surface area contributed by atoms with Crippen LogP contribution in [-0.4, -0.2) is 4.98 Å². The molecule has 0 saturated heterocycles. The zero-order chi connectivity index (χ0) is 9.42. The van der Waals surface area contributed by atoms with Crippen LogP contribution in [0, 0.1) is 10.7 Å².